The molecule has 1 aromatic carbocycles. The van der Waals surface area contributed by atoms with Gasteiger partial charge in [0, 0.05) is 13.0 Å². The average Bonchev–Trinajstić information content (AvgIpc) is 3.40. The molecule has 2 fully saturated rings. The minimum atomic E-state index is -1.17. The molecule has 0 unspecified atom stereocenters. The van der Waals surface area contributed by atoms with Crippen LogP contribution in [0.3, 0.4) is 0 Å². The number of carbonyl (C=O) groups is 3. The lowest BCUT2D eigenvalue weighted by atomic mass is 9.81. The van der Waals surface area contributed by atoms with E-state index in [0.29, 0.717) is 11.4 Å². The van der Waals surface area contributed by atoms with Gasteiger partial charge in [0.05, 0.1) is 24.3 Å². The number of amides is 2. The molecule has 0 spiro atoms. The topological polar surface area (TPSA) is 89.5 Å². The second-order valence-electron chi connectivity index (χ2n) is 7.43. The van der Waals surface area contributed by atoms with Gasteiger partial charge in [0.15, 0.2) is 0 Å². The van der Waals surface area contributed by atoms with Crippen molar-refractivity contribution in [3.63, 3.8) is 0 Å². The Balaban J connectivity index is 1.80. The van der Waals surface area contributed by atoms with Crippen LogP contribution in [0.5, 0.6) is 5.75 Å². The van der Waals surface area contributed by atoms with Crippen LogP contribution >= 0.6 is 11.3 Å². The van der Waals surface area contributed by atoms with Crippen molar-refractivity contribution in [2.24, 2.45) is 11.8 Å². The number of fused-ring (bicyclic) bond motifs is 1. The summed E-state index contributed by atoms with van der Waals surface area (Å²) in [5.41, 5.74) is -0.722. The fourth-order valence-electron chi connectivity index (χ4n) is 4.49. The number of nitrogens with zero attached hydrogens (tertiary/aromatic N) is 1. The van der Waals surface area contributed by atoms with Gasteiger partial charge in [-0.25, -0.2) is 9.69 Å². The van der Waals surface area contributed by atoms with E-state index in [-0.39, 0.29) is 24.5 Å². The van der Waals surface area contributed by atoms with Crippen LogP contribution in [0.25, 0.3) is 0 Å². The van der Waals surface area contributed by atoms with E-state index in [1.165, 1.54) is 23.3 Å². The molecule has 7 nitrogen and oxygen atoms in total. The maximum absolute atomic E-state index is 13.5. The van der Waals surface area contributed by atoms with Crippen molar-refractivity contribution in [3.8, 4) is 5.75 Å². The van der Waals surface area contributed by atoms with Crippen molar-refractivity contribution in [1.29, 1.82) is 0 Å². The van der Waals surface area contributed by atoms with Crippen LogP contribution in [-0.4, -0.2) is 37.0 Å². The highest BCUT2D eigenvalue weighted by molar-refractivity contribution is 7.10. The first-order chi connectivity index (χ1) is 13.9. The Hall–Kier alpha value is -2.71. The molecule has 2 aromatic rings. The summed E-state index contributed by atoms with van der Waals surface area (Å²) in [5.74, 6) is -2.03. The molecule has 2 amide bonds. The highest BCUT2D eigenvalue weighted by Crippen LogP contribution is 2.46. The Bertz CT molecular complexity index is 960. The van der Waals surface area contributed by atoms with Gasteiger partial charge in [0.2, 0.25) is 17.4 Å². The molecule has 3 heterocycles. The molecular formula is C21H23N2O5S+. The smallest absolute Gasteiger partial charge is 0.368 e. The van der Waals surface area contributed by atoms with E-state index in [9.17, 15) is 14.4 Å². The number of imide groups is 1. The van der Waals surface area contributed by atoms with Crippen molar-refractivity contribution < 1.29 is 29.2 Å². The number of methoxy groups -OCH3 is 1. The fraction of sp³-hybridized carbons (Fsp3) is 0.381. The predicted octanol–water partition coefficient (Wildman–Crippen LogP) is 1.50. The Morgan fingerprint density at radius 2 is 2.03 bits per heavy atom. The summed E-state index contributed by atoms with van der Waals surface area (Å²) in [7, 11) is 1.53. The normalized spacial score (nSPS) is 28.5. The van der Waals surface area contributed by atoms with Gasteiger partial charge in [0.25, 0.3) is 0 Å². The predicted molar refractivity (Wildman–Crippen MR) is 106 cm³/mol. The van der Waals surface area contributed by atoms with E-state index in [2.05, 4.69) is 0 Å². The van der Waals surface area contributed by atoms with Gasteiger partial charge in [-0.15, -0.1) is 11.3 Å². The van der Waals surface area contributed by atoms with Crippen LogP contribution in [0.15, 0.2) is 41.8 Å². The molecule has 0 radical (unpaired) electrons. The average molecular weight is 415 g/mol. The van der Waals surface area contributed by atoms with Gasteiger partial charge in [-0.2, -0.15) is 0 Å². The number of quaternary nitrogens is 1. The lowest BCUT2D eigenvalue weighted by molar-refractivity contribution is -0.730. The first-order valence-electron chi connectivity index (χ1n) is 9.51. The molecule has 1 aromatic heterocycles. The summed E-state index contributed by atoms with van der Waals surface area (Å²) >= 11 is 1.52. The minimum Gasteiger partial charge on any atom is -0.497 e. The Kier molecular flexibility index (Phi) is 4.92. The largest absolute Gasteiger partial charge is 0.497 e. The summed E-state index contributed by atoms with van der Waals surface area (Å²) in [4.78, 5) is 42.0. The summed E-state index contributed by atoms with van der Waals surface area (Å²) in [6.45, 7) is 3.65. The number of carbonyl (C=O) groups excluding carboxylic acids is 3. The lowest BCUT2D eigenvalue weighted by Crippen LogP contribution is -2.97. The second-order valence-corrected chi connectivity index (χ2v) is 8.41. The van der Waals surface area contributed by atoms with Crippen LogP contribution in [0, 0.1) is 11.8 Å². The summed E-state index contributed by atoms with van der Waals surface area (Å²) in [6.07, 6.45) is 0. The van der Waals surface area contributed by atoms with Crippen LogP contribution in [0.2, 0.25) is 0 Å². The number of esters is 1. The molecule has 0 bridgehead atoms. The van der Waals surface area contributed by atoms with Crippen LogP contribution < -0.4 is 15.0 Å². The number of thiophene rings is 1. The van der Waals surface area contributed by atoms with Gasteiger partial charge < -0.3 is 14.8 Å². The van der Waals surface area contributed by atoms with Crippen LogP contribution in [-0.2, 0) is 19.1 Å². The SMILES string of the molecule is CCOC(=O)[C@@]1(C)[NH2+][C@@H](c2cccs2)[C@H]2C(=O)N(c3cccc(OC)c3)C(=O)[C@H]21. The molecule has 8 heteroatoms. The van der Waals surface area contributed by atoms with Crippen molar-refractivity contribution in [3.05, 3.63) is 46.7 Å². The van der Waals surface area contributed by atoms with Gasteiger partial charge in [0.1, 0.15) is 23.6 Å². The van der Waals surface area contributed by atoms with Crippen LogP contribution in [0.1, 0.15) is 24.8 Å². The molecule has 0 aliphatic carbocycles. The van der Waals surface area contributed by atoms with E-state index in [4.69, 9.17) is 9.47 Å². The van der Waals surface area contributed by atoms with Crippen molar-refractivity contribution in [2.45, 2.75) is 25.4 Å². The molecule has 2 aliphatic rings. The minimum absolute atomic E-state index is 0.213. The quantitative estimate of drug-likeness (QED) is 0.591. The Morgan fingerprint density at radius 1 is 1.24 bits per heavy atom. The number of nitrogens with two attached hydrogens (primary N) is 1. The number of hydrogen-bond acceptors (Lipinski definition) is 6. The molecule has 152 valence electrons. The highest BCUT2D eigenvalue weighted by Gasteiger charge is 2.71. The van der Waals surface area contributed by atoms with Gasteiger partial charge >= 0.3 is 5.97 Å². The maximum atomic E-state index is 13.5. The first-order valence-corrected chi connectivity index (χ1v) is 10.4. The van der Waals surface area contributed by atoms with Crippen LogP contribution in [0.4, 0.5) is 5.69 Å². The number of rotatable bonds is 5. The van der Waals surface area contributed by atoms with Gasteiger partial charge in [-0.3, -0.25) is 9.59 Å². The molecule has 0 saturated carbocycles. The van der Waals surface area contributed by atoms with E-state index in [1.54, 1.807) is 38.1 Å². The number of ether oxygens (including phenoxy) is 2. The standard InChI is InChI=1S/C21H22N2O5S/c1-4-28-20(26)21(2)16-15(17(22-21)14-9-6-10-29-14)18(24)23(19(16)25)12-7-5-8-13(11-12)27-3/h5-11,15-17,22H,4H2,1-3H3/p+1/t15-,16-,17-,21-/m0/s1. The molecule has 2 N–H and O–H groups in total. The number of anilines is 1. The molecular weight excluding hydrogens is 392 g/mol. The monoisotopic (exact) mass is 415 g/mol. The Morgan fingerprint density at radius 3 is 2.69 bits per heavy atom. The highest BCUT2D eigenvalue weighted by atomic mass is 32.1. The lowest BCUT2D eigenvalue weighted by Gasteiger charge is -2.26. The molecule has 4 atom stereocenters. The van der Waals surface area contributed by atoms with E-state index >= 15 is 0 Å². The van der Waals surface area contributed by atoms with Crippen molar-refractivity contribution in [1.82, 2.24) is 0 Å². The van der Waals surface area contributed by atoms with Crippen molar-refractivity contribution >= 4 is 34.8 Å². The zero-order valence-electron chi connectivity index (χ0n) is 16.5. The molecule has 29 heavy (non-hydrogen) atoms. The molecule has 2 saturated heterocycles. The van der Waals surface area contributed by atoms with Crippen molar-refractivity contribution in [2.75, 3.05) is 18.6 Å². The third kappa shape index (κ3) is 2.94. The van der Waals surface area contributed by atoms with E-state index in [0.717, 1.165) is 4.88 Å². The summed E-state index contributed by atoms with van der Waals surface area (Å²) in [5, 5.41) is 3.77. The zero-order chi connectivity index (χ0) is 20.8. The second kappa shape index (κ2) is 7.27. The maximum Gasteiger partial charge on any atom is 0.368 e. The summed E-state index contributed by atoms with van der Waals surface area (Å²) < 4.78 is 10.5. The van der Waals surface area contributed by atoms with E-state index in [1.807, 2.05) is 22.8 Å². The zero-order valence-corrected chi connectivity index (χ0v) is 17.3. The van der Waals surface area contributed by atoms with E-state index < -0.39 is 23.3 Å². The number of benzene rings is 1. The number of hydrogen-bond donors (Lipinski definition) is 1. The fourth-order valence-corrected chi connectivity index (χ4v) is 5.33. The third-order valence-electron chi connectivity index (χ3n) is 5.81. The van der Waals surface area contributed by atoms with Gasteiger partial charge in [-0.1, -0.05) is 12.1 Å². The summed E-state index contributed by atoms with van der Waals surface area (Å²) in [6, 6.07) is 10.4. The van der Waals surface area contributed by atoms with Gasteiger partial charge in [-0.05, 0) is 30.5 Å². The third-order valence-corrected chi connectivity index (χ3v) is 6.78. The Labute approximate surface area is 172 Å². The molecule has 4 rings (SSSR count). The first kappa shape index (κ1) is 19.6. The molecule has 2 aliphatic heterocycles.